The van der Waals surface area contributed by atoms with Crippen LogP contribution in [0.25, 0.3) is 0 Å². The average Bonchev–Trinajstić information content (AvgIpc) is 2.34. The Balaban J connectivity index is 2.02. The monoisotopic (exact) mass is 275 g/mol. The van der Waals surface area contributed by atoms with E-state index in [2.05, 4.69) is 10.3 Å². The van der Waals surface area contributed by atoms with E-state index in [0.29, 0.717) is 42.2 Å². The maximum Gasteiger partial charge on any atom is 0.322 e. The molecule has 0 spiro atoms. The Kier molecular flexibility index (Phi) is 4.04. The molecule has 7 heteroatoms. The van der Waals surface area contributed by atoms with Gasteiger partial charge >= 0.3 is 6.03 Å². The largest absolute Gasteiger partial charge is 0.378 e. The lowest BCUT2D eigenvalue weighted by Gasteiger charge is -2.27. The summed E-state index contributed by atoms with van der Waals surface area (Å²) in [6, 6.07) is 1.28. The van der Waals surface area contributed by atoms with Crippen LogP contribution in [0.1, 0.15) is 0 Å². The molecule has 1 fully saturated rings. The van der Waals surface area contributed by atoms with Crippen molar-refractivity contribution in [3.63, 3.8) is 0 Å². The van der Waals surface area contributed by atoms with E-state index >= 15 is 0 Å². The van der Waals surface area contributed by atoms with Crippen LogP contribution in [-0.2, 0) is 4.74 Å². The minimum absolute atomic E-state index is 0.209. The Bertz CT molecular complexity index is 422. The van der Waals surface area contributed by atoms with E-state index in [9.17, 15) is 4.79 Å². The summed E-state index contributed by atoms with van der Waals surface area (Å²) in [6.45, 7) is 2.26. The van der Waals surface area contributed by atoms with Gasteiger partial charge in [0.2, 0.25) is 0 Å². The van der Waals surface area contributed by atoms with Gasteiger partial charge in [-0.25, -0.2) is 9.78 Å². The molecule has 0 atom stereocenters. The van der Waals surface area contributed by atoms with Crippen molar-refractivity contribution in [3.05, 3.63) is 22.4 Å². The zero-order valence-electron chi connectivity index (χ0n) is 8.95. The number of amides is 2. The molecule has 2 rings (SSSR count). The minimum atomic E-state index is -0.209. The zero-order chi connectivity index (χ0) is 12.3. The molecular formula is C10H11Cl2N3O2. The number of hydrogen-bond acceptors (Lipinski definition) is 3. The molecule has 0 aliphatic carbocycles. The maximum atomic E-state index is 11.8. The molecule has 0 unspecified atom stereocenters. The number of pyridine rings is 1. The van der Waals surface area contributed by atoms with Crippen molar-refractivity contribution >= 4 is 34.9 Å². The van der Waals surface area contributed by atoms with E-state index in [-0.39, 0.29) is 6.03 Å². The van der Waals surface area contributed by atoms with Gasteiger partial charge in [-0.2, -0.15) is 0 Å². The lowest BCUT2D eigenvalue weighted by atomic mass is 10.4. The standard InChI is InChI=1S/C10H11Cl2N3O2/c11-7-5-9(12)13-6-8(7)14-10(16)15-1-3-17-4-2-15/h5-6H,1-4H2,(H,14,16). The van der Waals surface area contributed by atoms with Crippen LogP contribution in [0.5, 0.6) is 0 Å². The number of rotatable bonds is 1. The van der Waals surface area contributed by atoms with Gasteiger partial charge in [0.1, 0.15) is 5.15 Å². The van der Waals surface area contributed by atoms with Crippen LogP contribution in [0.4, 0.5) is 10.5 Å². The van der Waals surface area contributed by atoms with Crippen LogP contribution in [0.15, 0.2) is 12.3 Å². The smallest absolute Gasteiger partial charge is 0.322 e. The third-order valence-electron chi connectivity index (χ3n) is 2.36. The summed E-state index contributed by atoms with van der Waals surface area (Å²) >= 11 is 11.6. The lowest BCUT2D eigenvalue weighted by molar-refractivity contribution is 0.0564. The molecule has 1 saturated heterocycles. The van der Waals surface area contributed by atoms with E-state index in [0.717, 1.165) is 0 Å². The Morgan fingerprint density at radius 2 is 2.12 bits per heavy atom. The summed E-state index contributed by atoms with van der Waals surface area (Å²) in [6.07, 6.45) is 1.43. The van der Waals surface area contributed by atoms with Gasteiger partial charge in [0.25, 0.3) is 0 Å². The second-order valence-corrected chi connectivity index (χ2v) is 4.31. The average molecular weight is 276 g/mol. The third kappa shape index (κ3) is 3.21. The number of ether oxygens (including phenoxy) is 1. The number of aromatic nitrogens is 1. The zero-order valence-corrected chi connectivity index (χ0v) is 10.5. The molecule has 0 saturated carbocycles. The predicted molar refractivity (Wildman–Crippen MR) is 65.7 cm³/mol. The number of halogens is 2. The Labute approximate surface area is 109 Å². The van der Waals surface area contributed by atoms with Crippen LogP contribution in [0.2, 0.25) is 10.2 Å². The Hall–Kier alpha value is -1.04. The number of morpholine rings is 1. The van der Waals surface area contributed by atoms with Crippen molar-refractivity contribution in [1.82, 2.24) is 9.88 Å². The fourth-order valence-electron chi connectivity index (χ4n) is 1.46. The molecule has 92 valence electrons. The first-order valence-electron chi connectivity index (χ1n) is 5.11. The summed E-state index contributed by atoms with van der Waals surface area (Å²) in [5.74, 6) is 0. The van der Waals surface area contributed by atoms with Crippen molar-refractivity contribution < 1.29 is 9.53 Å². The van der Waals surface area contributed by atoms with E-state index in [4.69, 9.17) is 27.9 Å². The van der Waals surface area contributed by atoms with Crippen LogP contribution >= 0.6 is 23.2 Å². The number of carbonyl (C=O) groups excluding carboxylic acids is 1. The molecule has 1 N–H and O–H groups in total. The van der Waals surface area contributed by atoms with E-state index < -0.39 is 0 Å². The topological polar surface area (TPSA) is 54.5 Å². The number of nitrogens with one attached hydrogen (secondary N) is 1. The first-order valence-corrected chi connectivity index (χ1v) is 5.87. The van der Waals surface area contributed by atoms with Crippen molar-refractivity contribution in [3.8, 4) is 0 Å². The van der Waals surface area contributed by atoms with Gasteiger partial charge in [-0.05, 0) is 6.07 Å². The van der Waals surface area contributed by atoms with Gasteiger partial charge in [-0.3, -0.25) is 0 Å². The van der Waals surface area contributed by atoms with Crippen LogP contribution in [-0.4, -0.2) is 42.2 Å². The van der Waals surface area contributed by atoms with E-state index in [1.807, 2.05) is 0 Å². The molecular weight excluding hydrogens is 265 g/mol. The number of hydrogen-bond donors (Lipinski definition) is 1. The van der Waals surface area contributed by atoms with Crippen molar-refractivity contribution in [2.24, 2.45) is 0 Å². The van der Waals surface area contributed by atoms with Crippen LogP contribution in [0.3, 0.4) is 0 Å². The fourth-order valence-corrected chi connectivity index (χ4v) is 1.87. The molecule has 1 aliphatic rings. The molecule has 0 radical (unpaired) electrons. The van der Waals surface area contributed by atoms with E-state index in [1.54, 1.807) is 4.90 Å². The number of urea groups is 1. The summed E-state index contributed by atoms with van der Waals surface area (Å²) in [4.78, 5) is 17.4. The highest BCUT2D eigenvalue weighted by atomic mass is 35.5. The summed E-state index contributed by atoms with van der Waals surface area (Å²) < 4.78 is 5.16. The summed E-state index contributed by atoms with van der Waals surface area (Å²) in [5.41, 5.74) is 0.451. The molecule has 1 aliphatic heterocycles. The van der Waals surface area contributed by atoms with Gasteiger partial charge in [0.05, 0.1) is 30.1 Å². The Morgan fingerprint density at radius 3 is 2.76 bits per heavy atom. The summed E-state index contributed by atoms with van der Waals surface area (Å²) in [5, 5.41) is 3.34. The first kappa shape index (κ1) is 12.4. The highest BCUT2D eigenvalue weighted by molar-refractivity contribution is 6.36. The van der Waals surface area contributed by atoms with Crippen molar-refractivity contribution in [2.75, 3.05) is 31.6 Å². The minimum Gasteiger partial charge on any atom is -0.378 e. The molecule has 0 bridgehead atoms. The third-order valence-corrected chi connectivity index (χ3v) is 2.88. The van der Waals surface area contributed by atoms with Crippen molar-refractivity contribution in [2.45, 2.75) is 0 Å². The van der Waals surface area contributed by atoms with Crippen LogP contribution in [0, 0.1) is 0 Å². The summed E-state index contributed by atoms with van der Waals surface area (Å²) in [7, 11) is 0. The SMILES string of the molecule is O=C(Nc1cnc(Cl)cc1Cl)N1CCOCC1. The molecule has 1 aromatic rings. The molecule has 2 heterocycles. The molecule has 2 amide bonds. The number of carbonyl (C=O) groups is 1. The highest BCUT2D eigenvalue weighted by Gasteiger charge is 2.17. The number of anilines is 1. The second kappa shape index (κ2) is 5.53. The van der Waals surface area contributed by atoms with Gasteiger partial charge in [-0.15, -0.1) is 0 Å². The van der Waals surface area contributed by atoms with Crippen LogP contribution < -0.4 is 5.32 Å². The fraction of sp³-hybridized carbons (Fsp3) is 0.400. The van der Waals surface area contributed by atoms with Gasteiger partial charge in [0, 0.05) is 13.1 Å². The quantitative estimate of drug-likeness (QED) is 0.800. The maximum absolute atomic E-state index is 11.8. The molecule has 5 nitrogen and oxygen atoms in total. The lowest BCUT2D eigenvalue weighted by Crippen LogP contribution is -2.43. The van der Waals surface area contributed by atoms with Gasteiger partial charge < -0.3 is 15.0 Å². The highest BCUT2D eigenvalue weighted by Crippen LogP contribution is 2.23. The number of nitrogens with zero attached hydrogens (tertiary/aromatic N) is 2. The molecule has 17 heavy (non-hydrogen) atoms. The first-order chi connectivity index (χ1) is 8.16. The van der Waals surface area contributed by atoms with Crippen molar-refractivity contribution in [1.29, 1.82) is 0 Å². The Morgan fingerprint density at radius 1 is 1.41 bits per heavy atom. The molecule has 0 aromatic carbocycles. The van der Waals surface area contributed by atoms with Gasteiger partial charge in [0.15, 0.2) is 0 Å². The molecule has 1 aromatic heterocycles. The predicted octanol–water partition coefficient (Wildman–Crippen LogP) is 2.25. The van der Waals surface area contributed by atoms with E-state index in [1.165, 1.54) is 12.3 Å². The normalized spacial score (nSPS) is 15.8. The second-order valence-electron chi connectivity index (χ2n) is 3.52. The van der Waals surface area contributed by atoms with Gasteiger partial charge in [-0.1, -0.05) is 23.2 Å².